The summed E-state index contributed by atoms with van der Waals surface area (Å²) in [6.45, 7) is 3.94. The number of nitrogens with zero attached hydrogens (tertiary/aromatic N) is 4. The van der Waals surface area contributed by atoms with Crippen LogP contribution in [0.15, 0.2) is 41.1 Å². The quantitative estimate of drug-likeness (QED) is 0.339. The lowest BCUT2D eigenvalue weighted by Crippen LogP contribution is -2.61. The minimum absolute atomic E-state index is 0.140. The summed E-state index contributed by atoms with van der Waals surface area (Å²) in [6.07, 6.45) is -2.08. The number of anilines is 1. The molecule has 1 saturated heterocycles. The third kappa shape index (κ3) is 5.16. The van der Waals surface area contributed by atoms with Gasteiger partial charge in [-0.05, 0) is 43.7 Å². The van der Waals surface area contributed by atoms with Crippen LogP contribution in [-0.2, 0) is 6.18 Å². The highest BCUT2D eigenvalue weighted by Gasteiger charge is 2.37. The van der Waals surface area contributed by atoms with E-state index in [1.165, 1.54) is 28.5 Å². The molecule has 0 spiro atoms. The number of amides is 2. The molecule has 2 N–H and O–H groups in total. The Morgan fingerprint density at radius 3 is 2.63 bits per heavy atom. The predicted molar refractivity (Wildman–Crippen MR) is 129 cm³/mol. The minimum atomic E-state index is -4.69. The zero-order valence-corrected chi connectivity index (χ0v) is 20.8. The number of carbonyl (C=O) groups is 2. The number of fused-ring (bicyclic) bond motifs is 1. The maximum Gasteiger partial charge on any atom is 0.449 e. The SMILES string of the molecule is Cc1cc2nc(N[C@@H](C)c3cncc(F)c3)nc(C(=O)N3CC(NC(=O)c4ccc(C(F)(F)F)o4)C3)c2s1. The number of furan rings is 1. The van der Waals surface area contributed by atoms with Crippen LogP contribution in [0.4, 0.5) is 23.5 Å². The standard InChI is InChI=1S/C24H20F4N6O3S/c1-11-5-16-20(38-11)19(33-23(32-16)30-12(2)13-6-14(25)8-29-7-13)22(36)34-9-15(10-34)31-21(35)17-3-4-18(37-17)24(26,27)28/h3-8,12,15H,9-10H2,1-2H3,(H,31,35)(H,30,32,33)/t12-/m0/s1. The molecule has 5 heterocycles. The lowest BCUT2D eigenvalue weighted by Gasteiger charge is -2.39. The van der Waals surface area contributed by atoms with Crippen molar-refractivity contribution in [1.82, 2.24) is 25.2 Å². The topological polar surface area (TPSA) is 113 Å². The van der Waals surface area contributed by atoms with Crippen molar-refractivity contribution in [3.05, 3.63) is 70.1 Å². The van der Waals surface area contributed by atoms with Gasteiger partial charge in [0.25, 0.3) is 11.8 Å². The summed E-state index contributed by atoms with van der Waals surface area (Å²) in [6, 6.07) is 3.94. The molecule has 0 bridgehead atoms. The average molecular weight is 549 g/mol. The number of likely N-dealkylation sites (tertiary alicyclic amines) is 1. The molecule has 0 aliphatic carbocycles. The first-order valence-electron chi connectivity index (χ1n) is 11.4. The highest BCUT2D eigenvalue weighted by atomic mass is 32.1. The number of aryl methyl sites for hydroxylation is 1. The summed E-state index contributed by atoms with van der Waals surface area (Å²) in [5.41, 5.74) is 1.32. The van der Waals surface area contributed by atoms with Gasteiger partial charge in [0.15, 0.2) is 11.5 Å². The molecule has 0 saturated carbocycles. The molecule has 4 aromatic heterocycles. The van der Waals surface area contributed by atoms with E-state index in [4.69, 9.17) is 0 Å². The fourth-order valence-corrected chi connectivity index (χ4v) is 4.89. The summed E-state index contributed by atoms with van der Waals surface area (Å²) >= 11 is 1.36. The van der Waals surface area contributed by atoms with Gasteiger partial charge >= 0.3 is 6.18 Å². The van der Waals surface area contributed by atoms with Crippen LogP contribution in [0.3, 0.4) is 0 Å². The Balaban J connectivity index is 1.28. The Bertz CT molecular complexity index is 1530. The van der Waals surface area contributed by atoms with E-state index in [9.17, 15) is 27.2 Å². The van der Waals surface area contributed by atoms with E-state index in [0.29, 0.717) is 21.8 Å². The van der Waals surface area contributed by atoms with Gasteiger partial charge in [-0.2, -0.15) is 13.2 Å². The number of carbonyl (C=O) groups excluding carboxylic acids is 2. The second-order valence-electron chi connectivity index (χ2n) is 8.81. The van der Waals surface area contributed by atoms with Crippen LogP contribution in [0, 0.1) is 12.7 Å². The van der Waals surface area contributed by atoms with E-state index in [2.05, 4.69) is 30.0 Å². The van der Waals surface area contributed by atoms with E-state index in [1.807, 2.05) is 13.0 Å². The number of hydrogen-bond donors (Lipinski definition) is 2. The van der Waals surface area contributed by atoms with Gasteiger partial charge in [0.1, 0.15) is 5.82 Å². The highest BCUT2D eigenvalue weighted by Crippen LogP contribution is 2.31. The molecule has 4 aromatic rings. The van der Waals surface area contributed by atoms with Gasteiger partial charge in [-0.1, -0.05) is 0 Å². The van der Waals surface area contributed by atoms with Gasteiger partial charge in [0.2, 0.25) is 11.7 Å². The summed E-state index contributed by atoms with van der Waals surface area (Å²) in [4.78, 5) is 40.8. The van der Waals surface area contributed by atoms with E-state index in [1.54, 1.807) is 6.92 Å². The van der Waals surface area contributed by atoms with Gasteiger partial charge in [-0.15, -0.1) is 11.3 Å². The first-order valence-corrected chi connectivity index (χ1v) is 12.2. The molecule has 5 rings (SSSR count). The van der Waals surface area contributed by atoms with Crippen LogP contribution in [0.5, 0.6) is 0 Å². The Morgan fingerprint density at radius 2 is 1.95 bits per heavy atom. The van der Waals surface area contributed by atoms with Crippen LogP contribution in [0.2, 0.25) is 0 Å². The van der Waals surface area contributed by atoms with Crippen molar-refractivity contribution in [3.63, 3.8) is 0 Å². The zero-order valence-electron chi connectivity index (χ0n) is 20.0. The Labute approximate surface area is 216 Å². The molecular weight excluding hydrogens is 528 g/mol. The molecule has 2 amide bonds. The Hall–Kier alpha value is -4.07. The molecule has 198 valence electrons. The number of hydrogen-bond acceptors (Lipinski definition) is 8. The number of pyridine rings is 1. The monoisotopic (exact) mass is 548 g/mol. The summed E-state index contributed by atoms with van der Waals surface area (Å²) in [5, 5.41) is 5.64. The Morgan fingerprint density at radius 1 is 1.18 bits per heavy atom. The molecule has 1 aliphatic heterocycles. The molecule has 14 heteroatoms. The van der Waals surface area contributed by atoms with Crippen molar-refractivity contribution in [3.8, 4) is 0 Å². The van der Waals surface area contributed by atoms with E-state index >= 15 is 0 Å². The van der Waals surface area contributed by atoms with Gasteiger partial charge in [0, 0.05) is 24.2 Å². The molecule has 0 aromatic carbocycles. The van der Waals surface area contributed by atoms with Crippen molar-refractivity contribution in [2.75, 3.05) is 18.4 Å². The van der Waals surface area contributed by atoms with Gasteiger partial charge in [-0.25, -0.2) is 14.4 Å². The second-order valence-corrected chi connectivity index (χ2v) is 10.1. The van der Waals surface area contributed by atoms with Gasteiger partial charge < -0.3 is 20.0 Å². The van der Waals surface area contributed by atoms with Crippen LogP contribution < -0.4 is 10.6 Å². The zero-order chi connectivity index (χ0) is 27.2. The second kappa shape index (κ2) is 9.67. The first-order chi connectivity index (χ1) is 18.0. The summed E-state index contributed by atoms with van der Waals surface area (Å²) in [5.74, 6) is -3.22. The van der Waals surface area contributed by atoms with Gasteiger partial charge in [-0.3, -0.25) is 14.6 Å². The minimum Gasteiger partial charge on any atom is -0.446 e. The summed E-state index contributed by atoms with van der Waals surface area (Å²) < 4.78 is 56.9. The molecule has 1 atom stereocenters. The number of halogens is 4. The third-order valence-corrected chi connectivity index (χ3v) is 6.93. The fraction of sp³-hybridized carbons (Fsp3) is 0.292. The lowest BCUT2D eigenvalue weighted by molar-refractivity contribution is -0.153. The predicted octanol–water partition coefficient (Wildman–Crippen LogP) is 4.57. The van der Waals surface area contributed by atoms with Gasteiger partial charge in [0.05, 0.1) is 28.5 Å². The maximum atomic E-state index is 13.6. The molecule has 0 radical (unpaired) electrons. The Kier molecular flexibility index (Phi) is 6.51. The lowest BCUT2D eigenvalue weighted by atomic mass is 10.1. The smallest absolute Gasteiger partial charge is 0.446 e. The average Bonchev–Trinajstić information content (AvgIpc) is 3.46. The fourth-order valence-electron chi connectivity index (χ4n) is 3.96. The van der Waals surface area contributed by atoms with E-state index < -0.39 is 41.5 Å². The van der Waals surface area contributed by atoms with Crippen molar-refractivity contribution in [2.45, 2.75) is 32.1 Å². The molecule has 1 aliphatic rings. The van der Waals surface area contributed by atoms with Crippen LogP contribution in [0.1, 0.15) is 50.2 Å². The number of thiophene rings is 1. The molecule has 0 unspecified atom stereocenters. The molecule has 9 nitrogen and oxygen atoms in total. The highest BCUT2D eigenvalue weighted by molar-refractivity contribution is 7.19. The first kappa shape index (κ1) is 25.6. The molecule has 38 heavy (non-hydrogen) atoms. The maximum absolute atomic E-state index is 13.6. The number of nitrogens with one attached hydrogen (secondary N) is 2. The molecule has 1 fully saturated rings. The largest absolute Gasteiger partial charge is 0.449 e. The van der Waals surface area contributed by atoms with E-state index in [-0.39, 0.29) is 30.6 Å². The van der Waals surface area contributed by atoms with E-state index in [0.717, 1.165) is 17.1 Å². The third-order valence-electron chi connectivity index (χ3n) is 5.88. The van der Waals surface area contributed by atoms with Crippen LogP contribution in [-0.4, -0.2) is 50.8 Å². The van der Waals surface area contributed by atoms with Crippen LogP contribution in [0.25, 0.3) is 10.2 Å². The van der Waals surface area contributed by atoms with Crippen molar-refractivity contribution >= 4 is 39.3 Å². The van der Waals surface area contributed by atoms with Crippen molar-refractivity contribution < 1.29 is 31.6 Å². The number of aromatic nitrogens is 3. The van der Waals surface area contributed by atoms with Crippen molar-refractivity contribution in [1.29, 1.82) is 0 Å². The van der Waals surface area contributed by atoms with Crippen LogP contribution >= 0.6 is 11.3 Å². The number of rotatable bonds is 6. The molecular formula is C24H20F4N6O3S. The number of alkyl halides is 3. The van der Waals surface area contributed by atoms with Crippen molar-refractivity contribution in [2.24, 2.45) is 0 Å². The summed E-state index contributed by atoms with van der Waals surface area (Å²) in [7, 11) is 0. The normalized spacial score (nSPS) is 14.8.